The van der Waals surface area contributed by atoms with Gasteiger partial charge in [-0.3, -0.25) is 4.99 Å². The average Bonchev–Trinajstić information content (AvgIpc) is 2.05. The van der Waals surface area contributed by atoms with Crippen LogP contribution in [0.5, 0.6) is 0 Å². The topological polar surface area (TPSA) is 67.9 Å². The van der Waals surface area contributed by atoms with Crippen molar-refractivity contribution in [3.8, 4) is 0 Å². The SMILES string of the molecule is C=N/C(C(=O)OC)=C(/N)N(C)C. The van der Waals surface area contributed by atoms with E-state index in [4.69, 9.17) is 5.73 Å². The van der Waals surface area contributed by atoms with E-state index in [1.165, 1.54) is 7.11 Å². The molecule has 5 heteroatoms. The number of esters is 1. The summed E-state index contributed by atoms with van der Waals surface area (Å²) in [7, 11) is 4.66. The molecule has 0 fully saturated rings. The molecule has 0 atom stereocenters. The molecule has 0 aromatic carbocycles. The molecule has 0 heterocycles. The zero-order valence-electron chi connectivity index (χ0n) is 7.50. The monoisotopic (exact) mass is 171 g/mol. The van der Waals surface area contributed by atoms with Crippen LogP contribution < -0.4 is 5.73 Å². The van der Waals surface area contributed by atoms with E-state index in [-0.39, 0.29) is 11.5 Å². The second kappa shape index (κ2) is 4.38. The molecule has 68 valence electrons. The molecular weight excluding hydrogens is 158 g/mol. The van der Waals surface area contributed by atoms with Crippen LogP contribution in [0.4, 0.5) is 0 Å². The number of carbonyl (C=O) groups excluding carboxylic acids is 1. The lowest BCUT2D eigenvalue weighted by Gasteiger charge is -2.13. The summed E-state index contributed by atoms with van der Waals surface area (Å²) in [4.78, 5) is 16.0. The van der Waals surface area contributed by atoms with Crippen LogP contribution in [0.3, 0.4) is 0 Å². The van der Waals surface area contributed by atoms with Crippen LogP contribution in [0, 0.1) is 0 Å². The number of rotatable bonds is 3. The van der Waals surface area contributed by atoms with Gasteiger partial charge in [-0.2, -0.15) is 0 Å². The van der Waals surface area contributed by atoms with E-state index in [0.29, 0.717) is 0 Å². The van der Waals surface area contributed by atoms with Crippen LogP contribution in [0.2, 0.25) is 0 Å². The number of ether oxygens (including phenoxy) is 1. The first-order chi connectivity index (χ1) is 5.54. The molecule has 0 spiro atoms. The van der Waals surface area contributed by atoms with Crippen molar-refractivity contribution in [3.05, 3.63) is 11.5 Å². The molecule has 0 aliphatic heterocycles. The summed E-state index contributed by atoms with van der Waals surface area (Å²) < 4.78 is 4.44. The molecule has 0 aromatic rings. The predicted octanol–water partition coefficient (Wildman–Crippen LogP) is -0.451. The first-order valence-corrected chi connectivity index (χ1v) is 3.26. The highest BCUT2D eigenvalue weighted by Gasteiger charge is 2.13. The lowest BCUT2D eigenvalue weighted by molar-refractivity contribution is -0.136. The molecule has 0 saturated carbocycles. The first kappa shape index (κ1) is 10.5. The highest BCUT2D eigenvalue weighted by molar-refractivity contribution is 5.89. The molecule has 0 aliphatic carbocycles. The fourth-order valence-corrected chi connectivity index (χ4v) is 0.559. The van der Waals surface area contributed by atoms with Gasteiger partial charge in [-0.25, -0.2) is 4.79 Å². The Morgan fingerprint density at radius 1 is 1.58 bits per heavy atom. The smallest absolute Gasteiger partial charge is 0.360 e. The Balaban J connectivity index is 4.85. The molecule has 0 unspecified atom stereocenters. The Hall–Kier alpha value is -1.52. The number of hydrogen-bond donors (Lipinski definition) is 1. The number of hydrogen-bond acceptors (Lipinski definition) is 5. The van der Waals surface area contributed by atoms with Gasteiger partial charge in [0.2, 0.25) is 0 Å². The fourth-order valence-electron chi connectivity index (χ4n) is 0.559. The van der Waals surface area contributed by atoms with Crippen molar-refractivity contribution in [1.82, 2.24) is 4.90 Å². The Kier molecular flexibility index (Phi) is 3.82. The zero-order chi connectivity index (χ0) is 9.72. The summed E-state index contributed by atoms with van der Waals surface area (Å²) in [6, 6.07) is 0. The molecule has 5 nitrogen and oxygen atoms in total. The predicted molar refractivity (Wildman–Crippen MR) is 46.5 cm³/mol. The van der Waals surface area contributed by atoms with Gasteiger partial charge in [0.1, 0.15) is 5.82 Å². The van der Waals surface area contributed by atoms with Crippen molar-refractivity contribution in [1.29, 1.82) is 0 Å². The number of carbonyl (C=O) groups is 1. The fraction of sp³-hybridized carbons (Fsp3) is 0.429. The number of aliphatic imine (C=N–C) groups is 1. The van der Waals surface area contributed by atoms with Crippen LogP contribution in [0.1, 0.15) is 0 Å². The van der Waals surface area contributed by atoms with E-state index in [1.807, 2.05) is 0 Å². The first-order valence-electron chi connectivity index (χ1n) is 3.26. The third kappa shape index (κ3) is 2.26. The summed E-state index contributed by atoms with van der Waals surface area (Å²) in [5, 5.41) is 0. The number of nitrogens with two attached hydrogens (primary N) is 1. The Labute approximate surface area is 71.5 Å². The van der Waals surface area contributed by atoms with E-state index in [1.54, 1.807) is 19.0 Å². The second-order valence-electron chi connectivity index (χ2n) is 2.28. The van der Waals surface area contributed by atoms with Gasteiger partial charge < -0.3 is 15.4 Å². The maximum atomic E-state index is 11.0. The van der Waals surface area contributed by atoms with E-state index >= 15 is 0 Å². The summed E-state index contributed by atoms with van der Waals surface area (Å²) in [6.45, 7) is 3.22. The summed E-state index contributed by atoms with van der Waals surface area (Å²) in [5.74, 6) is -0.354. The normalized spacial score (nSPS) is 11.6. The maximum absolute atomic E-state index is 11.0. The van der Waals surface area contributed by atoms with Gasteiger partial charge >= 0.3 is 5.97 Å². The van der Waals surface area contributed by atoms with Crippen LogP contribution in [0.25, 0.3) is 0 Å². The summed E-state index contributed by atoms with van der Waals surface area (Å²) in [5.41, 5.74) is 5.55. The lowest BCUT2D eigenvalue weighted by Crippen LogP contribution is -2.23. The lowest BCUT2D eigenvalue weighted by atomic mass is 10.4. The van der Waals surface area contributed by atoms with Crippen LogP contribution in [-0.2, 0) is 9.53 Å². The third-order valence-corrected chi connectivity index (χ3v) is 1.26. The van der Waals surface area contributed by atoms with E-state index < -0.39 is 5.97 Å². The minimum atomic E-state index is -0.587. The highest BCUT2D eigenvalue weighted by Crippen LogP contribution is 2.04. The zero-order valence-corrected chi connectivity index (χ0v) is 7.50. The van der Waals surface area contributed by atoms with Gasteiger partial charge in [0, 0.05) is 14.1 Å². The largest absolute Gasteiger partial charge is 0.464 e. The molecule has 12 heavy (non-hydrogen) atoms. The van der Waals surface area contributed by atoms with Crippen molar-refractivity contribution in [3.63, 3.8) is 0 Å². The van der Waals surface area contributed by atoms with Crippen molar-refractivity contribution in [2.45, 2.75) is 0 Å². The van der Waals surface area contributed by atoms with E-state index in [0.717, 1.165) is 0 Å². The van der Waals surface area contributed by atoms with Crippen LogP contribution in [-0.4, -0.2) is 38.8 Å². The van der Waals surface area contributed by atoms with Crippen LogP contribution >= 0.6 is 0 Å². The molecule has 0 aliphatic rings. The Bertz CT molecular complexity index is 221. The minimum Gasteiger partial charge on any atom is -0.464 e. The number of nitrogens with zero attached hydrogens (tertiary/aromatic N) is 2. The standard InChI is InChI=1S/C7H13N3O2/c1-9-5(7(11)12-4)6(8)10(2)3/h1,8H2,2-4H3/b6-5-. The molecule has 0 saturated heterocycles. The van der Waals surface area contributed by atoms with Crippen LogP contribution in [0.15, 0.2) is 16.5 Å². The highest BCUT2D eigenvalue weighted by atomic mass is 16.5. The second-order valence-corrected chi connectivity index (χ2v) is 2.28. The molecule has 0 bridgehead atoms. The molecule has 0 radical (unpaired) electrons. The minimum absolute atomic E-state index is 0.0301. The van der Waals surface area contributed by atoms with Crippen molar-refractivity contribution < 1.29 is 9.53 Å². The maximum Gasteiger partial charge on any atom is 0.360 e. The van der Waals surface area contributed by atoms with Gasteiger partial charge in [-0.1, -0.05) is 0 Å². The third-order valence-electron chi connectivity index (χ3n) is 1.26. The Morgan fingerprint density at radius 2 is 2.08 bits per heavy atom. The number of methoxy groups -OCH3 is 1. The Morgan fingerprint density at radius 3 is 2.33 bits per heavy atom. The molecule has 0 aromatic heterocycles. The summed E-state index contributed by atoms with van der Waals surface area (Å²) >= 11 is 0. The molecule has 0 rings (SSSR count). The van der Waals surface area contributed by atoms with Gasteiger partial charge in [0.25, 0.3) is 0 Å². The van der Waals surface area contributed by atoms with Gasteiger partial charge in [0.15, 0.2) is 5.70 Å². The van der Waals surface area contributed by atoms with E-state index in [2.05, 4.69) is 16.4 Å². The summed E-state index contributed by atoms with van der Waals surface area (Å²) in [6.07, 6.45) is 0. The average molecular weight is 171 g/mol. The molecule has 2 N–H and O–H groups in total. The van der Waals surface area contributed by atoms with Crippen molar-refractivity contribution in [2.24, 2.45) is 10.7 Å². The van der Waals surface area contributed by atoms with Gasteiger partial charge in [0.05, 0.1) is 7.11 Å². The quantitative estimate of drug-likeness (QED) is 0.355. The van der Waals surface area contributed by atoms with Gasteiger partial charge in [-0.15, -0.1) is 0 Å². The van der Waals surface area contributed by atoms with E-state index in [9.17, 15) is 4.79 Å². The van der Waals surface area contributed by atoms with Crippen molar-refractivity contribution >= 4 is 12.7 Å². The van der Waals surface area contributed by atoms with Gasteiger partial charge in [-0.05, 0) is 6.72 Å². The van der Waals surface area contributed by atoms with Crippen molar-refractivity contribution in [2.75, 3.05) is 21.2 Å². The molecule has 0 amide bonds. The molecular formula is C7H13N3O2.